The number of hydrogen-bond acceptors (Lipinski definition) is 2. The molecule has 0 radical (unpaired) electrons. The first-order chi connectivity index (χ1) is 9.93. The maximum absolute atomic E-state index is 12.5. The Balaban J connectivity index is 2.16. The summed E-state index contributed by atoms with van der Waals surface area (Å²) in [5.74, 6) is -0.945. The van der Waals surface area contributed by atoms with Crippen molar-refractivity contribution in [1.82, 2.24) is 9.80 Å². The summed E-state index contributed by atoms with van der Waals surface area (Å²) in [5.41, 5.74) is 0.848. The highest BCUT2D eigenvalue weighted by atomic mass is 35.5. The van der Waals surface area contributed by atoms with E-state index >= 15 is 0 Å². The highest BCUT2D eigenvalue weighted by molar-refractivity contribution is 6.31. The van der Waals surface area contributed by atoms with E-state index in [1.165, 1.54) is 4.90 Å². The first-order valence-corrected chi connectivity index (χ1v) is 7.32. The van der Waals surface area contributed by atoms with Gasteiger partial charge in [-0.25, -0.2) is 9.59 Å². The molecule has 1 aromatic carbocycles. The fourth-order valence-corrected chi connectivity index (χ4v) is 2.94. The van der Waals surface area contributed by atoms with Crippen molar-refractivity contribution in [2.75, 3.05) is 13.6 Å². The molecule has 2 rings (SSSR count). The predicted molar refractivity (Wildman–Crippen MR) is 80.4 cm³/mol. The summed E-state index contributed by atoms with van der Waals surface area (Å²) in [6.45, 7) is 2.36. The van der Waals surface area contributed by atoms with E-state index in [9.17, 15) is 14.7 Å². The van der Waals surface area contributed by atoms with Crippen LogP contribution in [0.25, 0.3) is 0 Å². The van der Waals surface area contributed by atoms with Crippen molar-refractivity contribution in [1.29, 1.82) is 0 Å². The lowest BCUT2D eigenvalue weighted by molar-refractivity contribution is -0.141. The molecule has 0 bridgehead atoms. The minimum atomic E-state index is -0.945. The Labute approximate surface area is 129 Å². The third kappa shape index (κ3) is 3.13. The Bertz CT molecular complexity index is 549. The van der Waals surface area contributed by atoms with Crippen LogP contribution in [0.1, 0.15) is 31.4 Å². The third-order valence-corrected chi connectivity index (χ3v) is 4.37. The summed E-state index contributed by atoms with van der Waals surface area (Å²) in [6.07, 6.45) is 1.23. The van der Waals surface area contributed by atoms with Crippen LogP contribution in [0.3, 0.4) is 0 Å². The summed E-state index contributed by atoms with van der Waals surface area (Å²) in [7, 11) is 1.67. The Morgan fingerprint density at radius 1 is 1.43 bits per heavy atom. The zero-order valence-corrected chi connectivity index (χ0v) is 12.9. The Morgan fingerprint density at radius 2 is 2.10 bits per heavy atom. The van der Waals surface area contributed by atoms with Gasteiger partial charge in [0, 0.05) is 18.6 Å². The lowest BCUT2D eigenvalue weighted by Crippen LogP contribution is -2.47. The summed E-state index contributed by atoms with van der Waals surface area (Å²) in [5, 5.41) is 9.78. The molecular weight excluding hydrogens is 292 g/mol. The number of carboxylic acids is 1. The quantitative estimate of drug-likeness (QED) is 0.933. The van der Waals surface area contributed by atoms with E-state index in [4.69, 9.17) is 11.6 Å². The molecule has 6 heteroatoms. The molecule has 1 aliphatic heterocycles. The summed E-state index contributed by atoms with van der Waals surface area (Å²) < 4.78 is 0. The Kier molecular flexibility index (Phi) is 4.73. The zero-order chi connectivity index (χ0) is 15.6. The fourth-order valence-electron chi connectivity index (χ4n) is 2.64. The van der Waals surface area contributed by atoms with E-state index in [0.717, 1.165) is 12.0 Å². The van der Waals surface area contributed by atoms with E-state index in [1.54, 1.807) is 18.0 Å². The van der Waals surface area contributed by atoms with Crippen LogP contribution >= 0.6 is 11.6 Å². The second-order valence-electron chi connectivity index (χ2n) is 5.28. The number of aliphatic carboxylic acids is 1. The van der Waals surface area contributed by atoms with Gasteiger partial charge in [-0.2, -0.15) is 0 Å². The van der Waals surface area contributed by atoms with E-state index < -0.39 is 12.0 Å². The molecule has 0 spiro atoms. The van der Waals surface area contributed by atoms with Crippen molar-refractivity contribution in [3.05, 3.63) is 34.9 Å². The van der Waals surface area contributed by atoms with Gasteiger partial charge in [-0.3, -0.25) is 0 Å². The minimum Gasteiger partial charge on any atom is -0.480 e. The number of carbonyl (C=O) groups is 2. The van der Waals surface area contributed by atoms with Crippen molar-refractivity contribution in [2.45, 2.75) is 31.8 Å². The summed E-state index contributed by atoms with van der Waals surface area (Å²) >= 11 is 6.16. The number of likely N-dealkylation sites (tertiary alicyclic amines) is 1. The second kappa shape index (κ2) is 6.35. The summed E-state index contributed by atoms with van der Waals surface area (Å²) in [4.78, 5) is 26.7. The standard InChI is InChI=1S/C15H19ClN2O3/c1-10(11-6-3-4-7-12(11)16)17(2)15(21)18-9-5-8-13(18)14(19)20/h3-4,6-7,10,13H,5,8-9H2,1-2H3,(H,19,20)/t10?,13-/m1/s1. The number of rotatable bonds is 3. The van der Waals surface area contributed by atoms with Crippen LogP contribution in [0.5, 0.6) is 0 Å². The first-order valence-electron chi connectivity index (χ1n) is 6.94. The van der Waals surface area contributed by atoms with E-state index in [-0.39, 0.29) is 12.1 Å². The fraction of sp³-hybridized carbons (Fsp3) is 0.467. The molecular formula is C15H19ClN2O3. The molecule has 1 N–H and O–H groups in total. The lowest BCUT2D eigenvalue weighted by Gasteiger charge is -2.32. The van der Waals surface area contributed by atoms with Crippen molar-refractivity contribution in [2.24, 2.45) is 0 Å². The molecule has 0 aromatic heterocycles. The average Bonchev–Trinajstić information content (AvgIpc) is 2.95. The first kappa shape index (κ1) is 15.6. The smallest absolute Gasteiger partial charge is 0.326 e. The molecule has 5 nitrogen and oxygen atoms in total. The van der Waals surface area contributed by atoms with Crippen molar-refractivity contribution >= 4 is 23.6 Å². The van der Waals surface area contributed by atoms with Gasteiger partial charge in [0.1, 0.15) is 6.04 Å². The van der Waals surface area contributed by atoms with Crippen LogP contribution in [0.2, 0.25) is 5.02 Å². The topological polar surface area (TPSA) is 60.9 Å². The molecule has 1 unspecified atom stereocenters. The number of carboxylic acid groups (broad SMARTS) is 1. The number of urea groups is 1. The second-order valence-corrected chi connectivity index (χ2v) is 5.69. The predicted octanol–water partition coefficient (Wildman–Crippen LogP) is 3.00. The molecule has 0 saturated carbocycles. The van der Waals surface area contributed by atoms with Crippen molar-refractivity contribution in [3.63, 3.8) is 0 Å². The maximum atomic E-state index is 12.5. The molecule has 1 aliphatic rings. The van der Waals surface area contributed by atoms with Crippen LogP contribution in [0, 0.1) is 0 Å². The average molecular weight is 311 g/mol. The monoisotopic (exact) mass is 310 g/mol. The molecule has 1 heterocycles. The molecule has 21 heavy (non-hydrogen) atoms. The zero-order valence-electron chi connectivity index (χ0n) is 12.1. The summed E-state index contributed by atoms with van der Waals surface area (Å²) in [6, 6.07) is 6.14. The van der Waals surface area contributed by atoms with Gasteiger partial charge in [-0.15, -0.1) is 0 Å². The number of benzene rings is 1. The van der Waals surface area contributed by atoms with Crippen LogP contribution in [-0.4, -0.2) is 46.5 Å². The Hall–Kier alpha value is -1.75. The van der Waals surface area contributed by atoms with Crippen LogP contribution in [0.15, 0.2) is 24.3 Å². The minimum absolute atomic E-state index is 0.221. The van der Waals surface area contributed by atoms with Gasteiger partial charge in [0.05, 0.1) is 6.04 Å². The van der Waals surface area contributed by atoms with Gasteiger partial charge in [-0.05, 0) is 31.4 Å². The third-order valence-electron chi connectivity index (χ3n) is 4.02. The normalized spacial score (nSPS) is 19.4. The van der Waals surface area contributed by atoms with Crippen molar-refractivity contribution in [3.8, 4) is 0 Å². The van der Waals surface area contributed by atoms with Gasteiger partial charge >= 0.3 is 12.0 Å². The van der Waals surface area contributed by atoms with Crippen LogP contribution < -0.4 is 0 Å². The molecule has 1 saturated heterocycles. The molecule has 0 aliphatic carbocycles. The number of nitrogens with zero attached hydrogens (tertiary/aromatic N) is 2. The number of halogens is 1. The number of amides is 2. The SMILES string of the molecule is CC(c1ccccc1Cl)N(C)C(=O)N1CCC[C@@H]1C(=O)O. The highest BCUT2D eigenvalue weighted by Crippen LogP contribution is 2.28. The van der Waals surface area contributed by atoms with Gasteiger partial charge in [0.25, 0.3) is 0 Å². The van der Waals surface area contributed by atoms with Gasteiger partial charge in [0.2, 0.25) is 0 Å². The molecule has 2 atom stereocenters. The van der Waals surface area contributed by atoms with E-state index in [2.05, 4.69) is 0 Å². The molecule has 2 amide bonds. The van der Waals surface area contributed by atoms with Crippen LogP contribution in [0.4, 0.5) is 4.79 Å². The Morgan fingerprint density at radius 3 is 2.71 bits per heavy atom. The number of carbonyl (C=O) groups excluding carboxylic acids is 1. The van der Waals surface area contributed by atoms with Gasteiger partial charge in [0.15, 0.2) is 0 Å². The van der Waals surface area contributed by atoms with E-state index in [1.807, 2.05) is 25.1 Å². The molecule has 1 aromatic rings. The highest BCUT2D eigenvalue weighted by Gasteiger charge is 2.36. The lowest BCUT2D eigenvalue weighted by atomic mass is 10.1. The van der Waals surface area contributed by atoms with Gasteiger partial charge < -0.3 is 14.9 Å². The molecule has 114 valence electrons. The van der Waals surface area contributed by atoms with E-state index in [0.29, 0.717) is 18.0 Å². The molecule has 1 fully saturated rings. The van der Waals surface area contributed by atoms with Crippen molar-refractivity contribution < 1.29 is 14.7 Å². The maximum Gasteiger partial charge on any atom is 0.326 e. The van der Waals surface area contributed by atoms with Crippen LogP contribution in [-0.2, 0) is 4.79 Å². The largest absolute Gasteiger partial charge is 0.480 e. The van der Waals surface area contributed by atoms with Gasteiger partial charge in [-0.1, -0.05) is 29.8 Å². The number of hydrogen-bond donors (Lipinski definition) is 1.